The van der Waals surface area contributed by atoms with Gasteiger partial charge < -0.3 is 10.0 Å². The number of fused-ring (bicyclic) bond motifs is 1. The molecule has 0 unspecified atom stereocenters. The van der Waals surface area contributed by atoms with Gasteiger partial charge in [0.25, 0.3) is 0 Å². The minimum absolute atomic E-state index is 0.101. The quantitative estimate of drug-likeness (QED) is 0.859. The fraction of sp³-hybridized carbons (Fsp3) is 0.429. The monoisotopic (exact) mass is 291 g/mol. The molecule has 2 aliphatic heterocycles. The lowest BCUT2D eigenvalue weighted by Crippen LogP contribution is -2.33. The summed E-state index contributed by atoms with van der Waals surface area (Å²) in [5.74, 6) is 0. The Kier molecular flexibility index (Phi) is 3.08. The van der Waals surface area contributed by atoms with E-state index in [0.717, 1.165) is 5.56 Å². The number of anilines is 1. The first-order valence-corrected chi connectivity index (χ1v) is 6.87. The molecule has 0 aliphatic carbocycles. The summed E-state index contributed by atoms with van der Waals surface area (Å²) in [6.45, 7) is 2.85. The number of rotatable bonds is 1. The Morgan fingerprint density at radius 2 is 2.25 bits per heavy atom. The third-order valence-corrected chi connectivity index (χ3v) is 4.61. The minimum Gasteiger partial charge on any atom is -0.391 e. The summed E-state index contributed by atoms with van der Waals surface area (Å²) in [7, 11) is 0. The van der Waals surface area contributed by atoms with Gasteiger partial charge in [-0.05, 0) is 31.0 Å². The van der Waals surface area contributed by atoms with Crippen molar-refractivity contribution in [3.05, 3.63) is 28.3 Å². The molecule has 0 radical (unpaired) electrons. The van der Waals surface area contributed by atoms with Gasteiger partial charge in [-0.15, -0.1) is 0 Å². The molecule has 1 aromatic carbocycles. The first kappa shape index (κ1) is 13.2. The largest absolute Gasteiger partial charge is 0.391 e. The Morgan fingerprint density at radius 1 is 1.50 bits per heavy atom. The topological polar surface area (TPSA) is 67.6 Å². The van der Waals surface area contributed by atoms with Crippen molar-refractivity contribution < 1.29 is 9.90 Å². The second-order valence-electron chi connectivity index (χ2n) is 5.19. The van der Waals surface area contributed by atoms with E-state index in [1.165, 1.54) is 0 Å². The van der Waals surface area contributed by atoms with E-state index in [4.69, 9.17) is 16.9 Å². The van der Waals surface area contributed by atoms with Crippen LogP contribution in [0.3, 0.4) is 0 Å². The molecule has 0 aromatic heterocycles. The van der Waals surface area contributed by atoms with Gasteiger partial charge in [0.05, 0.1) is 29.3 Å². The van der Waals surface area contributed by atoms with Crippen LogP contribution in [0, 0.1) is 18.3 Å². The van der Waals surface area contributed by atoms with Crippen LogP contribution in [0.4, 0.5) is 10.5 Å². The van der Waals surface area contributed by atoms with Crippen molar-refractivity contribution in [2.75, 3.05) is 18.0 Å². The number of hydrogen-bond donors (Lipinski definition) is 1. The van der Waals surface area contributed by atoms with Gasteiger partial charge in [0.1, 0.15) is 6.07 Å². The van der Waals surface area contributed by atoms with Crippen molar-refractivity contribution in [1.82, 2.24) is 4.90 Å². The molecule has 0 bridgehead atoms. The summed E-state index contributed by atoms with van der Waals surface area (Å²) in [5.41, 5.74) is 1.83. The molecule has 6 heteroatoms. The van der Waals surface area contributed by atoms with E-state index in [0.29, 0.717) is 35.8 Å². The van der Waals surface area contributed by atoms with Gasteiger partial charge in [-0.25, -0.2) is 4.79 Å². The first-order chi connectivity index (χ1) is 9.54. The van der Waals surface area contributed by atoms with Gasteiger partial charge in [0, 0.05) is 12.2 Å². The van der Waals surface area contributed by atoms with Crippen molar-refractivity contribution in [2.45, 2.75) is 25.5 Å². The zero-order valence-corrected chi connectivity index (χ0v) is 11.8. The standard InChI is InChI=1S/C14H14ClN3O2/c1-8-10(3-2-9(6-16)13(8)15)18-7-11-12(19)4-5-17(11)14(18)20/h2-3,11-12,19H,4-5,7H2,1H3/t11-,12-/m0/s1. The van der Waals surface area contributed by atoms with Gasteiger partial charge in [0.15, 0.2) is 0 Å². The van der Waals surface area contributed by atoms with E-state index >= 15 is 0 Å². The van der Waals surface area contributed by atoms with E-state index in [1.54, 1.807) is 28.9 Å². The van der Waals surface area contributed by atoms with Crippen molar-refractivity contribution in [3.63, 3.8) is 0 Å². The smallest absolute Gasteiger partial charge is 0.324 e. The molecule has 2 amide bonds. The summed E-state index contributed by atoms with van der Waals surface area (Å²) < 4.78 is 0. The van der Waals surface area contributed by atoms with Crippen LogP contribution in [0.1, 0.15) is 17.5 Å². The molecular weight excluding hydrogens is 278 g/mol. The number of hydrogen-bond acceptors (Lipinski definition) is 3. The molecule has 2 aliphatic rings. The molecule has 2 heterocycles. The fourth-order valence-electron chi connectivity index (χ4n) is 2.97. The maximum atomic E-state index is 12.4. The number of halogens is 1. The van der Waals surface area contributed by atoms with E-state index in [-0.39, 0.29) is 12.1 Å². The van der Waals surface area contributed by atoms with Crippen LogP contribution in [0.15, 0.2) is 12.1 Å². The van der Waals surface area contributed by atoms with Crippen LogP contribution in [0.2, 0.25) is 5.02 Å². The van der Waals surface area contributed by atoms with Crippen LogP contribution in [0.25, 0.3) is 0 Å². The van der Waals surface area contributed by atoms with Gasteiger partial charge in [-0.3, -0.25) is 4.90 Å². The number of carbonyl (C=O) groups excluding carboxylic acids is 1. The number of nitrogens with zero attached hydrogens (tertiary/aromatic N) is 3. The molecule has 2 fully saturated rings. The molecule has 5 nitrogen and oxygen atoms in total. The molecule has 20 heavy (non-hydrogen) atoms. The summed E-state index contributed by atoms with van der Waals surface area (Å²) >= 11 is 6.15. The Balaban J connectivity index is 1.98. The Hall–Kier alpha value is -1.77. The molecule has 1 N–H and O–H groups in total. The predicted octanol–water partition coefficient (Wildman–Crippen LogP) is 1.90. The summed E-state index contributed by atoms with van der Waals surface area (Å²) in [4.78, 5) is 15.7. The SMILES string of the molecule is Cc1c(N2C[C@H]3[C@@H](O)CCN3C2=O)ccc(C#N)c1Cl. The second-order valence-corrected chi connectivity index (χ2v) is 5.57. The molecule has 104 valence electrons. The highest BCUT2D eigenvalue weighted by molar-refractivity contribution is 6.33. The Bertz CT molecular complexity index is 626. The fourth-order valence-corrected chi connectivity index (χ4v) is 3.17. The van der Waals surface area contributed by atoms with Crippen molar-refractivity contribution >= 4 is 23.3 Å². The minimum atomic E-state index is -0.460. The maximum Gasteiger partial charge on any atom is 0.324 e. The Morgan fingerprint density at radius 3 is 2.90 bits per heavy atom. The number of aliphatic hydroxyl groups is 1. The third-order valence-electron chi connectivity index (χ3n) is 4.13. The lowest BCUT2D eigenvalue weighted by Gasteiger charge is -2.20. The molecular formula is C14H14ClN3O2. The number of carbonyl (C=O) groups is 1. The highest BCUT2D eigenvalue weighted by atomic mass is 35.5. The zero-order chi connectivity index (χ0) is 14.4. The van der Waals surface area contributed by atoms with E-state index in [2.05, 4.69) is 0 Å². The lowest BCUT2D eigenvalue weighted by molar-refractivity contribution is 0.144. The summed E-state index contributed by atoms with van der Waals surface area (Å²) in [6.07, 6.45) is 0.176. The molecule has 2 atom stereocenters. The molecule has 3 rings (SSSR count). The second kappa shape index (κ2) is 4.65. The van der Waals surface area contributed by atoms with Crippen LogP contribution in [-0.4, -0.2) is 41.3 Å². The number of nitriles is 1. The van der Waals surface area contributed by atoms with Crippen LogP contribution >= 0.6 is 11.6 Å². The van der Waals surface area contributed by atoms with Crippen LogP contribution in [-0.2, 0) is 0 Å². The predicted molar refractivity (Wildman–Crippen MR) is 74.8 cm³/mol. The average molecular weight is 292 g/mol. The summed E-state index contributed by atoms with van der Waals surface area (Å²) in [5, 5.41) is 19.2. The third kappa shape index (κ3) is 1.76. The lowest BCUT2D eigenvalue weighted by atomic mass is 10.1. The van der Waals surface area contributed by atoms with Crippen molar-refractivity contribution in [2.24, 2.45) is 0 Å². The Labute approximate surface area is 122 Å². The number of aliphatic hydroxyl groups excluding tert-OH is 1. The number of benzene rings is 1. The number of amides is 2. The highest BCUT2D eigenvalue weighted by Gasteiger charge is 2.45. The molecule has 1 aromatic rings. The highest BCUT2D eigenvalue weighted by Crippen LogP contribution is 2.35. The van der Waals surface area contributed by atoms with E-state index in [9.17, 15) is 9.90 Å². The van der Waals surface area contributed by atoms with E-state index < -0.39 is 6.10 Å². The first-order valence-electron chi connectivity index (χ1n) is 6.50. The van der Waals surface area contributed by atoms with Gasteiger partial charge in [-0.2, -0.15) is 5.26 Å². The maximum absolute atomic E-state index is 12.4. The normalized spacial score (nSPS) is 25.0. The van der Waals surface area contributed by atoms with Crippen molar-refractivity contribution in [1.29, 1.82) is 5.26 Å². The number of urea groups is 1. The van der Waals surface area contributed by atoms with Crippen molar-refractivity contribution in [3.8, 4) is 6.07 Å². The van der Waals surface area contributed by atoms with Gasteiger partial charge in [0.2, 0.25) is 0 Å². The van der Waals surface area contributed by atoms with Crippen LogP contribution in [0.5, 0.6) is 0 Å². The molecule has 0 saturated carbocycles. The summed E-state index contributed by atoms with van der Waals surface area (Å²) in [6, 6.07) is 5.15. The average Bonchev–Trinajstić information content (AvgIpc) is 2.95. The van der Waals surface area contributed by atoms with Gasteiger partial charge >= 0.3 is 6.03 Å². The van der Waals surface area contributed by atoms with Gasteiger partial charge in [-0.1, -0.05) is 11.6 Å². The van der Waals surface area contributed by atoms with E-state index in [1.807, 2.05) is 6.07 Å². The van der Waals surface area contributed by atoms with Crippen LogP contribution < -0.4 is 4.90 Å². The zero-order valence-electron chi connectivity index (χ0n) is 11.0. The molecule has 2 saturated heterocycles. The molecule has 0 spiro atoms.